The molecule has 0 aliphatic heterocycles. The van der Waals surface area contributed by atoms with Crippen LogP contribution in [0, 0.1) is 6.92 Å². The Hall–Kier alpha value is -2.78. The maximum absolute atomic E-state index is 13.8. The Morgan fingerprint density at radius 3 is 2.13 bits per heavy atom. The second-order valence-corrected chi connectivity index (χ2v) is 11.8. The molecule has 202 valence electrons. The van der Waals surface area contributed by atoms with E-state index in [9.17, 15) is 18.0 Å². The fraction of sp³-hybridized carbons (Fsp3) is 0.259. The fourth-order valence-corrected chi connectivity index (χ4v) is 5.71. The quantitative estimate of drug-likeness (QED) is 0.325. The van der Waals surface area contributed by atoms with Gasteiger partial charge in [-0.05, 0) is 68.8 Å². The smallest absolute Gasteiger partial charge is 0.264 e. The van der Waals surface area contributed by atoms with Gasteiger partial charge in [-0.3, -0.25) is 13.9 Å². The van der Waals surface area contributed by atoms with E-state index in [1.54, 1.807) is 50.2 Å². The summed E-state index contributed by atoms with van der Waals surface area (Å²) in [5.41, 5.74) is 1.63. The van der Waals surface area contributed by atoms with Gasteiger partial charge in [-0.2, -0.15) is 0 Å². The number of hydrogen-bond acceptors (Lipinski definition) is 4. The van der Waals surface area contributed by atoms with Gasteiger partial charge in [0.15, 0.2) is 0 Å². The van der Waals surface area contributed by atoms with Crippen molar-refractivity contribution in [3.63, 3.8) is 0 Å². The second-order valence-electron chi connectivity index (χ2n) is 8.64. The number of benzene rings is 3. The molecule has 0 saturated carbocycles. The minimum absolute atomic E-state index is 0.0204. The molecule has 3 aromatic rings. The van der Waals surface area contributed by atoms with Crippen LogP contribution in [-0.4, -0.2) is 44.3 Å². The van der Waals surface area contributed by atoms with Crippen molar-refractivity contribution in [3.05, 3.63) is 92.9 Å². The van der Waals surface area contributed by atoms with Crippen LogP contribution in [0.1, 0.15) is 25.0 Å². The SMILES string of the molecule is CCNC(=O)[C@@H](C)N(Cc1ccc(Cl)cc1)C(=O)CN(c1cc(Cl)ccc1Cl)S(=O)(=O)c1ccc(C)cc1. The molecule has 38 heavy (non-hydrogen) atoms. The van der Waals surface area contributed by atoms with E-state index in [4.69, 9.17) is 34.8 Å². The van der Waals surface area contributed by atoms with E-state index < -0.39 is 28.5 Å². The van der Waals surface area contributed by atoms with Gasteiger partial charge >= 0.3 is 0 Å². The summed E-state index contributed by atoms with van der Waals surface area (Å²) in [6.07, 6.45) is 0. The lowest BCUT2D eigenvalue weighted by molar-refractivity contribution is -0.139. The molecule has 3 rings (SSSR count). The number of nitrogens with zero attached hydrogens (tertiary/aromatic N) is 2. The van der Waals surface area contributed by atoms with E-state index >= 15 is 0 Å². The second kappa shape index (κ2) is 12.8. The van der Waals surface area contributed by atoms with E-state index in [1.807, 2.05) is 6.92 Å². The molecular formula is C27H28Cl3N3O4S. The predicted octanol–water partition coefficient (Wildman–Crippen LogP) is 5.70. The van der Waals surface area contributed by atoms with Crippen molar-refractivity contribution >= 4 is 62.3 Å². The zero-order valence-corrected chi connectivity index (χ0v) is 24.2. The van der Waals surface area contributed by atoms with Gasteiger partial charge in [0.25, 0.3) is 10.0 Å². The molecule has 0 aromatic heterocycles. The van der Waals surface area contributed by atoms with E-state index in [2.05, 4.69) is 5.32 Å². The van der Waals surface area contributed by atoms with Crippen molar-refractivity contribution in [3.8, 4) is 0 Å². The summed E-state index contributed by atoms with van der Waals surface area (Å²) in [7, 11) is -4.25. The lowest BCUT2D eigenvalue weighted by Crippen LogP contribution is -2.51. The summed E-state index contributed by atoms with van der Waals surface area (Å²) in [4.78, 5) is 27.9. The number of rotatable bonds is 10. The number of sulfonamides is 1. The molecule has 1 N–H and O–H groups in total. The van der Waals surface area contributed by atoms with Crippen LogP contribution in [0.25, 0.3) is 0 Å². The maximum Gasteiger partial charge on any atom is 0.264 e. The van der Waals surface area contributed by atoms with Gasteiger partial charge in [-0.25, -0.2) is 8.42 Å². The van der Waals surface area contributed by atoms with E-state index in [0.717, 1.165) is 9.87 Å². The van der Waals surface area contributed by atoms with Crippen LogP contribution in [0.2, 0.25) is 15.1 Å². The van der Waals surface area contributed by atoms with Crippen LogP contribution >= 0.6 is 34.8 Å². The molecule has 0 fully saturated rings. The van der Waals surface area contributed by atoms with Gasteiger partial charge < -0.3 is 10.2 Å². The van der Waals surface area contributed by atoms with E-state index in [0.29, 0.717) is 17.1 Å². The monoisotopic (exact) mass is 595 g/mol. The first kappa shape index (κ1) is 29.8. The number of amides is 2. The molecule has 0 heterocycles. The summed E-state index contributed by atoms with van der Waals surface area (Å²) < 4.78 is 28.6. The molecular weight excluding hydrogens is 569 g/mol. The highest BCUT2D eigenvalue weighted by Crippen LogP contribution is 2.33. The Morgan fingerprint density at radius 1 is 0.921 bits per heavy atom. The predicted molar refractivity (Wildman–Crippen MR) is 152 cm³/mol. The molecule has 3 aromatic carbocycles. The normalized spacial score (nSPS) is 12.1. The molecule has 7 nitrogen and oxygen atoms in total. The Bertz CT molecular complexity index is 1400. The van der Waals surface area contributed by atoms with Gasteiger partial charge in [0.1, 0.15) is 12.6 Å². The standard InChI is InChI=1S/C27H28Cl3N3O4S/c1-4-31-27(35)19(3)32(16-20-7-9-21(28)10-8-20)26(34)17-33(25-15-22(29)11-14-24(25)30)38(36,37)23-12-5-18(2)6-13-23/h5-15,19H,4,16-17H2,1-3H3,(H,31,35)/t19-/m1/s1. The summed E-state index contributed by atoms with van der Waals surface area (Å²) >= 11 is 18.6. The van der Waals surface area contributed by atoms with Gasteiger partial charge in [0, 0.05) is 23.1 Å². The van der Waals surface area contributed by atoms with Crippen LogP contribution in [0.5, 0.6) is 0 Å². The number of aryl methyl sites for hydroxylation is 1. The molecule has 2 amide bonds. The van der Waals surface area contributed by atoms with Crippen LogP contribution in [0.4, 0.5) is 5.69 Å². The lowest BCUT2D eigenvalue weighted by atomic mass is 10.1. The Balaban J connectivity index is 2.07. The van der Waals surface area contributed by atoms with Gasteiger partial charge in [-0.15, -0.1) is 0 Å². The van der Waals surface area contributed by atoms with Crippen LogP contribution in [0.3, 0.4) is 0 Å². The first-order valence-electron chi connectivity index (χ1n) is 11.8. The van der Waals surface area contributed by atoms with Gasteiger partial charge in [-0.1, -0.05) is 64.6 Å². The van der Waals surface area contributed by atoms with Gasteiger partial charge in [0.05, 0.1) is 15.6 Å². The molecule has 0 radical (unpaired) electrons. The van der Waals surface area contributed by atoms with E-state index in [-0.39, 0.29) is 33.1 Å². The molecule has 0 spiro atoms. The third kappa shape index (κ3) is 7.20. The zero-order valence-electron chi connectivity index (χ0n) is 21.1. The van der Waals surface area contributed by atoms with Crippen LogP contribution in [0.15, 0.2) is 71.6 Å². The molecule has 1 atom stereocenters. The minimum Gasteiger partial charge on any atom is -0.355 e. The molecule has 0 aliphatic carbocycles. The van der Waals surface area contributed by atoms with E-state index in [1.165, 1.54) is 35.2 Å². The van der Waals surface area contributed by atoms with Crippen molar-refractivity contribution in [1.82, 2.24) is 10.2 Å². The maximum atomic E-state index is 13.8. The Labute approximate surface area is 238 Å². The molecule has 0 unspecified atom stereocenters. The summed E-state index contributed by atoms with van der Waals surface area (Å²) in [5.74, 6) is -0.978. The third-order valence-corrected chi connectivity index (χ3v) is 8.43. The number of likely N-dealkylation sites (N-methyl/N-ethyl adjacent to an activating group) is 1. The number of nitrogens with one attached hydrogen (secondary N) is 1. The van der Waals surface area contributed by atoms with Crippen molar-refractivity contribution in [2.24, 2.45) is 0 Å². The summed E-state index contributed by atoms with van der Waals surface area (Å²) in [6.45, 7) is 5.00. The lowest BCUT2D eigenvalue weighted by Gasteiger charge is -2.32. The highest BCUT2D eigenvalue weighted by atomic mass is 35.5. The highest BCUT2D eigenvalue weighted by molar-refractivity contribution is 7.92. The minimum atomic E-state index is -4.25. The number of hydrogen-bond donors (Lipinski definition) is 1. The van der Waals surface area contributed by atoms with Crippen molar-refractivity contribution in [1.29, 1.82) is 0 Å². The summed E-state index contributed by atoms with van der Waals surface area (Å²) in [6, 6.07) is 16.6. The third-order valence-electron chi connectivity index (χ3n) is 5.85. The fourth-order valence-electron chi connectivity index (χ4n) is 3.72. The number of carbonyl (C=O) groups is 2. The van der Waals surface area contributed by atoms with Crippen molar-refractivity contribution in [2.75, 3.05) is 17.4 Å². The molecule has 0 saturated heterocycles. The molecule has 0 bridgehead atoms. The Morgan fingerprint density at radius 2 is 1.53 bits per heavy atom. The van der Waals surface area contributed by atoms with Crippen LogP contribution in [-0.2, 0) is 26.2 Å². The molecule has 0 aliphatic rings. The summed E-state index contributed by atoms with van der Waals surface area (Å²) in [5, 5.41) is 3.58. The topological polar surface area (TPSA) is 86.8 Å². The number of anilines is 1. The first-order chi connectivity index (χ1) is 17.9. The average molecular weight is 597 g/mol. The van der Waals surface area contributed by atoms with Crippen molar-refractivity contribution < 1.29 is 18.0 Å². The molecule has 11 heteroatoms. The average Bonchev–Trinajstić information content (AvgIpc) is 2.88. The first-order valence-corrected chi connectivity index (χ1v) is 14.4. The van der Waals surface area contributed by atoms with Crippen molar-refractivity contribution in [2.45, 2.75) is 38.3 Å². The number of halogens is 3. The highest BCUT2D eigenvalue weighted by Gasteiger charge is 2.33. The number of carbonyl (C=O) groups excluding carboxylic acids is 2. The van der Waals surface area contributed by atoms with Crippen LogP contribution < -0.4 is 9.62 Å². The zero-order chi connectivity index (χ0) is 28.0. The largest absolute Gasteiger partial charge is 0.355 e. The Kier molecular flexibility index (Phi) is 10.1. The van der Waals surface area contributed by atoms with Gasteiger partial charge in [0.2, 0.25) is 11.8 Å².